The van der Waals surface area contributed by atoms with Crippen molar-refractivity contribution >= 4 is 0 Å². The molecule has 0 aliphatic carbocycles. The summed E-state index contributed by atoms with van der Waals surface area (Å²) < 4.78 is 1.88. The number of likely N-dealkylation sites (tertiary alicyclic amines) is 1. The number of nitrogens with one attached hydrogen (secondary N) is 1. The molecular weight excluding hydrogens is 248 g/mol. The van der Waals surface area contributed by atoms with E-state index in [1.807, 2.05) is 16.9 Å². The molecule has 1 aromatic heterocycles. The van der Waals surface area contributed by atoms with Crippen molar-refractivity contribution in [2.45, 2.75) is 13.0 Å². The highest BCUT2D eigenvalue weighted by molar-refractivity contribution is 5.33. The molecule has 0 radical (unpaired) electrons. The third kappa shape index (κ3) is 3.26. The van der Waals surface area contributed by atoms with E-state index >= 15 is 0 Å². The zero-order chi connectivity index (χ0) is 13.8. The van der Waals surface area contributed by atoms with Crippen LogP contribution in [0.5, 0.6) is 0 Å². The lowest BCUT2D eigenvalue weighted by molar-refractivity contribution is 0.388. The molecule has 0 amide bonds. The van der Waals surface area contributed by atoms with Crippen LogP contribution < -0.4 is 5.32 Å². The molecule has 2 heterocycles. The maximum atomic E-state index is 4.23. The van der Waals surface area contributed by atoms with E-state index < -0.39 is 0 Å². The van der Waals surface area contributed by atoms with E-state index in [-0.39, 0.29) is 0 Å². The van der Waals surface area contributed by atoms with Gasteiger partial charge < -0.3 is 10.2 Å². The van der Waals surface area contributed by atoms with Crippen LogP contribution in [0.3, 0.4) is 0 Å². The average molecular weight is 270 g/mol. The van der Waals surface area contributed by atoms with Crippen molar-refractivity contribution in [2.75, 3.05) is 26.7 Å². The van der Waals surface area contributed by atoms with Gasteiger partial charge in [0.2, 0.25) is 0 Å². The summed E-state index contributed by atoms with van der Waals surface area (Å²) >= 11 is 0. The maximum Gasteiger partial charge on any atom is 0.0645 e. The Kier molecular flexibility index (Phi) is 4.14. The quantitative estimate of drug-likeness (QED) is 0.901. The van der Waals surface area contributed by atoms with E-state index in [0.717, 1.165) is 24.7 Å². The van der Waals surface area contributed by atoms with Crippen molar-refractivity contribution in [3.05, 3.63) is 48.3 Å². The summed E-state index contributed by atoms with van der Waals surface area (Å²) in [6.45, 7) is 4.53. The molecule has 1 aliphatic rings. The second kappa shape index (κ2) is 6.20. The third-order valence-electron chi connectivity index (χ3n) is 3.96. The second-order valence-corrected chi connectivity index (χ2v) is 5.66. The highest BCUT2D eigenvalue weighted by atomic mass is 15.3. The van der Waals surface area contributed by atoms with Gasteiger partial charge in [-0.3, -0.25) is 0 Å². The van der Waals surface area contributed by atoms with Gasteiger partial charge in [0.15, 0.2) is 0 Å². The molecule has 0 bridgehead atoms. The van der Waals surface area contributed by atoms with Gasteiger partial charge >= 0.3 is 0 Å². The fourth-order valence-electron chi connectivity index (χ4n) is 2.80. The van der Waals surface area contributed by atoms with Crippen LogP contribution in [-0.2, 0) is 6.54 Å². The number of rotatable bonds is 5. The SMILES string of the molecule is CN1CCC(CNCc2ccc(-n3cccn3)cc2)C1. The minimum atomic E-state index is 0.809. The fourth-order valence-corrected chi connectivity index (χ4v) is 2.80. The van der Waals surface area contributed by atoms with Gasteiger partial charge in [0.1, 0.15) is 0 Å². The molecule has 1 atom stereocenters. The van der Waals surface area contributed by atoms with Gasteiger partial charge in [-0.25, -0.2) is 4.68 Å². The summed E-state index contributed by atoms with van der Waals surface area (Å²) in [6, 6.07) is 10.5. The van der Waals surface area contributed by atoms with E-state index in [0.29, 0.717) is 0 Å². The molecule has 1 saturated heterocycles. The summed E-state index contributed by atoms with van der Waals surface area (Å²) in [7, 11) is 2.20. The first-order valence-electron chi connectivity index (χ1n) is 7.29. The van der Waals surface area contributed by atoms with Crippen molar-refractivity contribution in [1.29, 1.82) is 0 Å². The summed E-state index contributed by atoms with van der Waals surface area (Å²) in [4.78, 5) is 2.41. The van der Waals surface area contributed by atoms with E-state index in [4.69, 9.17) is 0 Å². The molecule has 20 heavy (non-hydrogen) atoms. The largest absolute Gasteiger partial charge is 0.312 e. The standard InChI is InChI=1S/C16H22N4/c1-19-10-7-15(13-19)12-17-11-14-3-5-16(6-4-14)20-9-2-8-18-20/h2-6,8-9,15,17H,7,10-13H2,1H3. The first kappa shape index (κ1) is 13.3. The molecule has 1 fully saturated rings. The minimum absolute atomic E-state index is 0.809. The Morgan fingerprint density at radius 2 is 2.15 bits per heavy atom. The Morgan fingerprint density at radius 1 is 1.30 bits per heavy atom. The van der Waals surface area contributed by atoms with Crippen LogP contribution in [0.2, 0.25) is 0 Å². The van der Waals surface area contributed by atoms with E-state index in [9.17, 15) is 0 Å². The zero-order valence-electron chi connectivity index (χ0n) is 12.0. The van der Waals surface area contributed by atoms with Gasteiger partial charge in [-0.15, -0.1) is 0 Å². The monoisotopic (exact) mass is 270 g/mol. The van der Waals surface area contributed by atoms with Gasteiger partial charge in [-0.2, -0.15) is 5.10 Å². The van der Waals surface area contributed by atoms with Crippen molar-refractivity contribution in [3.8, 4) is 5.69 Å². The Morgan fingerprint density at radius 3 is 2.80 bits per heavy atom. The predicted octanol–water partition coefficient (Wildman–Crippen LogP) is 1.91. The van der Waals surface area contributed by atoms with Crippen LogP contribution in [0, 0.1) is 5.92 Å². The third-order valence-corrected chi connectivity index (χ3v) is 3.96. The van der Waals surface area contributed by atoms with E-state index in [1.54, 1.807) is 6.20 Å². The molecule has 0 saturated carbocycles. The van der Waals surface area contributed by atoms with Crippen LogP contribution in [0.4, 0.5) is 0 Å². The molecule has 1 N–H and O–H groups in total. The van der Waals surface area contributed by atoms with Gasteiger partial charge in [-0.05, 0) is 56.2 Å². The van der Waals surface area contributed by atoms with Gasteiger partial charge in [-0.1, -0.05) is 12.1 Å². The first-order valence-corrected chi connectivity index (χ1v) is 7.29. The van der Waals surface area contributed by atoms with Crippen molar-refractivity contribution in [1.82, 2.24) is 20.0 Å². The summed E-state index contributed by atoms with van der Waals surface area (Å²) in [5.41, 5.74) is 2.43. The molecule has 4 heteroatoms. The Hall–Kier alpha value is -1.65. The van der Waals surface area contributed by atoms with Crippen LogP contribution in [0.15, 0.2) is 42.7 Å². The van der Waals surface area contributed by atoms with Crippen LogP contribution in [0.25, 0.3) is 5.69 Å². The predicted molar refractivity (Wildman–Crippen MR) is 80.9 cm³/mol. The Bertz CT molecular complexity index is 518. The van der Waals surface area contributed by atoms with Crippen molar-refractivity contribution < 1.29 is 0 Å². The van der Waals surface area contributed by atoms with Gasteiger partial charge in [0.25, 0.3) is 0 Å². The first-order chi connectivity index (χ1) is 9.81. The maximum absolute atomic E-state index is 4.23. The normalized spacial score (nSPS) is 19.6. The lowest BCUT2D eigenvalue weighted by atomic mass is 10.1. The van der Waals surface area contributed by atoms with Crippen LogP contribution >= 0.6 is 0 Å². The molecular formula is C16H22N4. The number of hydrogen-bond donors (Lipinski definition) is 1. The average Bonchev–Trinajstić information content (AvgIpc) is 3.11. The Balaban J connectivity index is 1.49. The van der Waals surface area contributed by atoms with Gasteiger partial charge in [0, 0.05) is 25.5 Å². The smallest absolute Gasteiger partial charge is 0.0645 e. The molecule has 1 aromatic carbocycles. The topological polar surface area (TPSA) is 33.1 Å². The molecule has 1 aliphatic heterocycles. The summed E-state index contributed by atoms with van der Waals surface area (Å²) in [6.07, 6.45) is 5.08. The minimum Gasteiger partial charge on any atom is -0.312 e. The molecule has 1 unspecified atom stereocenters. The number of aromatic nitrogens is 2. The lowest BCUT2D eigenvalue weighted by Crippen LogP contribution is -2.24. The number of hydrogen-bond acceptors (Lipinski definition) is 3. The summed E-state index contributed by atoms with van der Waals surface area (Å²) in [5, 5.41) is 7.80. The fraction of sp³-hybridized carbons (Fsp3) is 0.438. The number of nitrogens with zero attached hydrogens (tertiary/aromatic N) is 3. The van der Waals surface area contributed by atoms with Crippen molar-refractivity contribution in [2.24, 2.45) is 5.92 Å². The molecule has 106 valence electrons. The molecule has 3 rings (SSSR count). The van der Waals surface area contributed by atoms with Crippen LogP contribution in [0.1, 0.15) is 12.0 Å². The molecule has 2 aromatic rings. The second-order valence-electron chi connectivity index (χ2n) is 5.66. The highest BCUT2D eigenvalue weighted by Crippen LogP contribution is 2.13. The molecule has 0 spiro atoms. The zero-order valence-corrected chi connectivity index (χ0v) is 12.0. The summed E-state index contributed by atoms with van der Waals surface area (Å²) in [5.74, 6) is 0.809. The van der Waals surface area contributed by atoms with Gasteiger partial charge in [0.05, 0.1) is 5.69 Å². The Labute approximate surface area is 120 Å². The molecule has 4 nitrogen and oxygen atoms in total. The van der Waals surface area contributed by atoms with E-state index in [2.05, 4.69) is 46.6 Å². The van der Waals surface area contributed by atoms with Crippen molar-refractivity contribution in [3.63, 3.8) is 0 Å². The number of benzene rings is 1. The lowest BCUT2D eigenvalue weighted by Gasteiger charge is -2.12. The van der Waals surface area contributed by atoms with E-state index in [1.165, 1.54) is 25.1 Å². The highest BCUT2D eigenvalue weighted by Gasteiger charge is 2.18. The van der Waals surface area contributed by atoms with Crippen LogP contribution in [-0.4, -0.2) is 41.4 Å².